The predicted octanol–water partition coefficient (Wildman–Crippen LogP) is 4.21. The van der Waals surface area contributed by atoms with Gasteiger partial charge in [0.1, 0.15) is 0 Å². The Balaban J connectivity index is 1.26. The van der Waals surface area contributed by atoms with Crippen LogP contribution in [-0.2, 0) is 25.8 Å². The van der Waals surface area contributed by atoms with Crippen molar-refractivity contribution < 1.29 is 31.2 Å². The largest absolute Gasteiger partial charge is 0.417 e. The third-order valence-corrected chi connectivity index (χ3v) is 9.35. The molecule has 0 spiro atoms. The van der Waals surface area contributed by atoms with Crippen molar-refractivity contribution in [3.63, 3.8) is 0 Å². The summed E-state index contributed by atoms with van der Waals surface area (Å²) in [6, 6.07) is 12.1. The van der Waals surface area contributed by atoms with Crippen LogP contribution >= 0.6 is 0 Å². The third-order valence-electron chi connectivity index (χ3n) is 7.46. The van der Waals surface area contributed by atoms with E-state index < -0.39 is 39.1 Å². The van der Waals surface area contributed by atoms with Gasteiger partial charge in [-0.2, -0.15) is 28.0 Å². The molecule has 2 amide bonds. The summed E-state index contributed by atoms with van der Waals surface area (Å²) in [6.07, 6.45) is -2.43. The normalized spacial score (nSPS) is 17.0. The zero-order valence-corrected chi connectivity index (χ0v) is 23.6. The van der Waals surface area contributed by atoms with Gasteiger partial charge in [-0.05, 0) is 69.1 Å². The van der Waals surface area contributed by atoms with E-state index in [2.05, 4.69) is 4.90 Å². The van der Waals surface area contributed by atoms with Gasteiger partial charge in [-0.1, -0.05) is 12.5 Å². The van der Waals surface area contributed by atoms with E-state index in [-0.39, 0.29) is 27.3 Å². The zero-order chi connectivity index (χ0) is 30.7. The number of hydrogen-bond acceptors (Lipinski definition) is 7. The zero-order valence-electron chi connectivity index (χ0n) is 22.8. The van der Waals surface area contributed by atoms with Crippen molar-refractivity contribution in [3.05, 3.63) is 70.3 Å². The molecule has 0 radical (unpaired) electrons. The average Bonchev–Trinajstić information content (AvgIpc) is 3.19. The first kappa shape index (κ1) is 30.9. The molecule has 4 rings (SSSR count). The summed E-state index contributed by atoms with van der Waals surface area (Å²) in [5, 5.41) is 18.1. The molecule has 2 aliphatic rings. The molecule has 9 nitrogen and oxygen atoms in total. The number of piperazine rings is 1. The number of anilines is 1. The lowest BCUT2D eigenvalue weighted by Crippen LogP contribution is -2.48. The van der Waals surface area contributed by atoms with E-state index in [0.717, 1.165) is 36.4 Å². The standard InChI is InChI=1S/C29H28F3N5O4S/c1-20-25(28(39)37(27(20)38)23-10-9-22(19-34)26(17-23)29(30,31)32)8-3-2-4-11-35-12-14-36(15-13-35)42(40,41)24-7-5-6-21(16-24)18-33/h5-7,9-10,16-17H,2-4,8,11-15H2,1H3. The summed E-state index contributed by atoms with van der Waals surface area (Å²) in [7, 11) is -3.69. The van der Waals surface area contributed by atoms with Gasteiger partial charge in [0.2, 0.25) is 10.0 Å². The molecule has 0 unspecified atom stereocenters. The second-order valence-corrected chi connectivity index (χ2v) is 12.0. The average molecular weight is 600 g/mol. The van der Waals surface area contributed by atoms with Crippen LogP contribution in [0.5, 0.6) is 0 Å². The molecular weight excluding hydrogens is 571 g/mol. The topological polar surface area (TPSA) is 126 Å². The molecule has 1 fully saturated rings. The van der Waals surface area contributed by atoms with Gasteiger partial charge in [-0.3, -0.25) is 9.59 Å². The van der Waals surface area contributed by atoms with E-state index in [9.17, 15) is 31.2 Å². The molecule has 2 aromatic carbocycles. The van der Waals surface area contributed by atoms with Crippen molar-refractivity contribution in [3.8, 4) is 12.1 Å². The van der Waals surface area contributed by atoms with Crippen LogP contribution in [0.3, 0.4) is 0 Å². The fraction of sp³-hybridized carbons (Fsp3) is 0.379. The number of unbranched alkanes of at least 4 members (excludes halogenated alkanes) is 2. The van der Waals surface area contributed by atoms with Crippen LogP contribution in [0.25, 0.3) is 0 Å². The molecular formula is C29H28F3N5O4S. The highest BCUT2D eigenvalue weighted by molar-refractivity contribution is 7.89. The number of alkyl halides is 3. The van der Waals surface area contributed by atoms with Gasteiger partial charge in [0.15, 0.2) is 0 Å². The molecule has 2 heterocycles. The van der Waals surface area contributed by atoms with E-state index in [1.165, 1.54) is 29.4 Å². The van der Waals surface area contributed by atoms with Crippen LogP contribution in [-0.4, -0.2) is 62.2 Å². The van der Waals surface area contributed by atoms with Crippen molar-refractivity contribution in [1.29, 1.82) is 10.5 Å². The molecule has 1 saturated heterocycles. The Morgan fingerprint density at radius 2 is 1.62 bits per heavy atom. The van der Waals surface area contributed by atoms with E-state index >= 15 is 0 Å². The molecule has 13 heteroatoms. The summed E-state index contributed by atoms with van der Waals surface area (Å²) < 4.78 is 67.5. The fourth-order valence-electron chi connectivity index (χ4n) is 5.10. The lowest BCUT2D eigenvalue weighted by Gasteiger charge is -2.34. The second-order valence-electron chi connectivity index (χ2n) is 10.1. The molecule has 0 aliphatic carbocycles. The van der Waals surface area contributed by atoms with E-state index in [1.54, 1.807) is 12.1 Å². The first-order chi connectivity index (χ1) is 19.9. The molecule has 0 aromatic heterocycles. The van der Waals surface area contributed by atoms with Crippen LogP contribution in [0, 0.1) is 22.7 Å². The summed E-state index contributed by atoms with van der Waals surface area (Å²) in [4.78, 5) is 28.8. The minimum Gasteiger partial charge on any atom is -0.301 e. The van der Waals surface area contributed by atoms with Gasteiger partial charge in [-0.15, -0.1) is 0 Å². The number of nitriles is 2. The predicted molar refractivity (Wildman–Crippen MR) is 146 cm³/mol. The number of rotatable bonds is 9. The number of amides is 2. The van der Waals surface area contributed by atoms with Crippen molar-refractivity contribution in [2.45, 2.75) is 43.7 Å². The number of imide groups is 1. The maximum Gasteiger partial charge on any atom is 0.417 e. The van der Waals surface area contributed by atoms with E-state index in [0.29, 0.717) is 45.1 Å². The number of carbonyl (C=O) groups excluding carboxylic acids is 2. The van der Waals surface area contributed by atoms with Crippen LogP contribution in [0.4, 0.5) is 18.9 Å². The lowest BCUT2D eigenvalue weighted by molar-refractivity contribution is -0.138. The first-order valence-electron chi connectivity index (χ1n) is 13.3. The highest BCUT2D eigenvalue weighted by Crippen LogP contribution is 2.37. The Morgan fingerprint density at radius 3 is 2.26 bits per heavy atom. The number of sulfonamides is 1. The molecule has 42 heavy (non-hydrogen) atoms. The number of nitrogens with zero attached hydrogens (tertiary/aromatic N) is 5. The van der Waals surface area contributed by atoms with Crippen molar-refractivity contribution >= 4 is 27.5 Å². The number of benzene rings is 2. The van der Waals surface area contributed by atoms with Crippen LogP contribution in [0.2, 0.25) is 0 Å². The van der Waals surface area contributed by atoms with Gasteiger partial charge >= 0.3 is 6.18 Å². The van der Waals surface area contributed by atoms with Gasteiger partial charge in [0.05, 0.1) is 39.4 Å². The van der Waals surface area contributed by atoms with E-state index in [1.807, 2.05) is 6.07 Å². The Bertz CT molecular complexity index is 1610. The molecule has 0 saturated carbocycles. The van der Waals surface area contributed by atoms with Gasteiger partial charge in [-0.25, -0.2) is 13.3 Å². The second kappa shape index (κ2) is 12.4. The molecule has 220 valence electrons. The third kappa shape index (κ3) is 6.39. The van der Waals surface area contributed by atoms with Crippen LogP contribution in [0.15, 0.2) is 58.5 Å². The minimum absolute atomic E-state index is 0.0954. The Kier molecular flexibility index (Phi) is 9.16. The maximum atomic E-state index is 13.4. The highest BCUT2D eigenvalue weighted by Gasteiger charge is 2.39. The van der Waals surface area contributed by atoms with Gasteiger partial charge < -0.3 is 4.90 Å². The van der Waals surface area contributed by atoms with E-state index in [4.69, 9.17) is 10.5 Å². The van der Waals surface area contributed by atoms with Crippen LogP contribution < -0.4 is 4.90 Å². The Morgan fingerprint density at radius 1 is 0.905 bits per heavy atom. The summed E-state index contributed by atoms with van der Waals surface area (Å²) in [5.41, 5.74) is -1.30. The number of halogens is 3. The molecule has 0 atom stereocenters. The molecule has 0 N–H and O–H groups in total. The lowest BCUT2D eigenvalue weighted by atomic mass is 10.0. The van der Waals surface area contributed by atoms with Crippen molar-refractivity contribution in [2.75, 3.05) is 37.6 Å². The van der Waals surface area contributed by atoms with Crippen molar-refractivity contribution in [1.82, 2.24) is 9.21 Å². The molecule has 2 aromatic rings. The molecule has 2 aliphatic heterocycles. The van der Waals surface area contributed by atoms with Gasteiger partial charge in [0.25, 0.3) is 11.8 Å². The fourth-order valence-corrected chi connectivity index (χ4v) is 6.57. The van der Waals surface area contributed by atoms with Gasteiger partial charge in [0, 0.05) is 37.3 Å². The Labute approximate surface area is 242 Å². The minimum atomic E-state index is -4.82. The summed E-state index contributed by atoms with van der Waals surface area (Å²) in [5.74, 6) is -1.34. The number of carbonyl (C=O) groups is 2. The van der Waals surface area contributed by atoms with Crippen molar-refractivity contribution in [2.24, 2.45) is 0 Å². The highest BCUT2D eigenvalue weighted by atomic mass is 32.2. The van der Waals surface area contributed by atoms with Crippen LogP contribution in [0.1, 0.15) is 49.3 Å². The quantitative estimate of drug-likeness (QED) is 0.312. The first-order valence-corrected chi connectivity index (χ1v) is 14.7. The summed E-state index contributed by atoms with van der Waals surface area (Å²) in [6.45, 7) is 3.95. The Hall–Kier alpha value is -4.04. The maximum absolute atomic E-state index is 13.4. The summed E-state index contributed by atoms with van der Waals surface area (Å²) >= 11 is 0. The number of hydrogen-bond donors (Lipinski definition) is 0. The smallest absolute Gasteiger partial charge is 0.301 e. The monoisotopic (exact) mass is 599 g/mol. The SMILES string of the molecule is CC1=C(CCCCCN2CCN(S(=O)(=O)c3cccc(C#N)c3)CC2)C(=O)N(c2ccc(C#N)c(C(F)(F)F)c2)C1=O. The molecule has 0 bridgehead atoms.